The van der Waals surface area contributed by atoms with Crippen LogP contribution in [0.2, 0.25) is 0 Å². The van der Waals surface area contributed by atoms with Crippen molar-refractivity contribution in [1.29, 1.82) is 0 Å². The van der Waals surface area contributed by atoms with E-state index in [0.717, 1.165) is 12.0 Å². The number of hydrogen-bond donors (Lipinski definition) is 1. The summed E-state index contributed by atoms with van der Waals surface area (Å²) in [6, 6.07) is 0.104. The van der Waals surface area contributed by atoms with Gasteiger partial charge in [0, 0.05) is 24.0 Å². The van der Waals surface area contributed by atoms with E-state index in [-0.39, 0.29) is 6.04 Å². The Kier molecular flexibility index (Phi) is 6.74. The highest BCUT2D eigenvalue weighted by Gasteiger charge is 2.05. The molecule has 0 bridgehead atoms. The Balaban J connectivity index is 2.09. The van der Waals surface area contributed by atoms with E-state index >= 15 is 0 Å². The van der Waals surface area contributed by atoms with Crippen LogP contribution in [0.5, 0.6) is 0 Å². The lowest BCUT2D eigenvalue weighted by atomic mass is 10.0. The number of unbranched alkanes of at least 4 members (excludes halogenated alkanes) is 5. The van der Waals surface area contributed by atoms with Gasteiger partial charge >= 0.3 is 0 Å². The lowest BCUT2D eigenvalue weighted by molar-refractivity contribution is 0.545. The molecule has 0 saturated heterocycles. The average Bonchev–Trinajstić information content (AvgIpc) is 2.34. The standard InChI is InChI=1S/C13H23N3/c1-2-3-4-5-6-7-8-13(14)12-9-15-11-16-10-12/h9-11,13H,2-8,14H2,1H3. The van der Waals surface area contributed by atoms with Crippen molar-refractivity contribution < 1.29 is 0 Å². The van der Waals surface area contributed by atoms with Crippen LogP contribution < -0.4 is 5.73 Å². The fourth-order valence-electron chi connectivity index (χ4n) is 1.81. The SMILES string of the molecule is CCCCCCCCC(N)c1cncnc1. The number of nitrogens with zero attached hydrogens (tertiary/aromatic N) is 2. The van der Waals surface area contributed by atoms with Gasteiger partial charge in [-0.1, -0.05) is 45.4 Å². The molecule has 1 unspecified atom stereocenters. The lowest BCUT2D eigenvalue weighted by Crippen LogP contribution is -2.10. The molecule has 2 N–H and O–H groups in total. The first kappa shape index (κ1) is 13.1. The minimum absolute atomic E-state index is 0.104. The monoisotopic (exact) mass is 221 g/mol. The van der Waals surface area contributed by atoms with Gasteiger partial charge in [-0.05, 0) is 6.42 Å². The Morgan fingerprint density at radius 3 is 2.38 bits per heavy atom. The van der Waals surface area contributed by atoms with Crippen LogP contribution in [0.1, 0.15) is 63.5 Å². The second-order valence-electron chi connectivity index (χ2n) is 4.33. The summed E-state index contributed by atoms with van der Waals surface area (Å²) in [5, 5.41) is 0. The van der Waals surface area contributed by atoms with Gasteiger partial charge in [-0.25, -0.2) is 9.97 Å². The van der Waals surface area contributed by atoms with Gasteiger partial charge in [-0.15, -0.1) is 0 Å². The van der Waals surface area contributed by atoms with Gasteiger partial charge in [-0.3, -0.25) is 0 Å². The maximum Gasteiger partial charge on any atom is 0.115 e. The minimum atomic E-state index is 0.104. The predicted molar refractivity (Wildman–Crippen MR) is 67.0 cm³/mol. The van der Waals surface area contributed by atoms with Crippen molar-refractivity contribution in [2.24, 2.45) is 5.73 Å². The first-order chi connectivity index (χ1) is 7.84. The molecule has 1 aromatic rings. The highest BCUT2D eigenvalue weighted by Crippen LogP contribution is 2.16. The second-order valence-corrected chi connectivity index (χ2v) is 4.33. The molecule has 0 aliphatic carbocycles. The molecule has 3 nitrogen and oxygen atoms in total. The maximum atomic E-state index is 6.06. The third-order valence-electron chi connectivity index (χ3n) is 2.88. The molecule has 3 heteroatoms. The molecule has 1 rings (SSSR count). The molecule has 1 aromatic heterocycles. The molecule has 16 heavy (non-hydrogen) atoms. The van der Waals surface area contributed by atoms with Crippen molar-refractivity contribution in [3.63, 3.8) is 0 Å². The van der Waals surface area contributed by atoms with Crippen molar-refractivity contribution in [3.05, 3.63) is 24.3 Å². The van der Waals surface area contributed by atoms with E-state index in [9.17, 15) is 0 Å². The zero-order valence-corrected chi connectivity index (χ0v) is 10.2. The summed E-state index contributed by atoms with van der Waals surface area (Å²) in [7, 11) is 0. The molecule has 0 aromatic carbocycles. The largest absolute Gasteiger partial charge is 0.324 e. The van der Waals surface area contributed by atoms with Crippen LogP contribution in [-0.2, 0) is 0 Å². The number of nitrogens with two attached hydrogens (primary N) is 1. The van der Waals surface area contributed by atoms with Gasteiger partial charge < -0.3 is 5.73 Å². The molecule has 0 spiro atoms. The van der Waals surface area contributed by atoms with Gasteiger partial charge in [0.05, 0.1) is 0 Å². The van der Waals surface area contributed by atoms with Crippen LogP contribution in [0, 0.1) is 0 Å². The first-order valence-electron chi connectivity index (χ1n) is 6.35. The summed E-state index contributed by atoms with van der Waals surface area (Å²) in [6.45, 7) is 2.24. The van der Waals surface area contributed by atoms with Crippen LogP contribution in [0.15, 0.2) is 18.7 Å². The molecule has 0 saturated carbocycles. The molecule has 0 fully saturated rings. The van der Waals surface area contributed by atoms with Gasteiger partial charge in [0.25, 0.3) is 0 Å². The van der Waals surface area contributed by atoms with E-state index in [4.69, 9.17) is 5.73 Å². The summed E-state index contributed by atoms with van der Waals surface area (Å²) in [5.41, 5.74) is 7.11. The molecule has 0 radical (unpaired) electrons. The van der Waals surface area contributed by atoms with Crippen LogP contribution >= 0.6 is 0 Å². The second kappa shape index (κ2) is 8.22. The summed E-state index contributed by atoms with van der Waals surface area (Å²) >= 11 is 0. The highest BCUT2D eigenvalue weighted by molar-refractivity contribution is 5.07. The Morgan fingerprint density at radius 2 is 1.69 bits per heavy atom. The third kappa shape index (κ3) is 5.21. The van der Waals surface area contributed by atoms with Gasteiger partial charge in [-0.2, -0.15) is 0 Å². The van der Waals surface area contributed by atoms with Crippen molar-refractivity contribution in [3.8, 4) is 0 Å². The van der Waals surface area contributed by atoms with Crippen LogP contribution in [0.25, 0.3) is 0 Å². The molecule has 0 amide bonds. The van der Waals surface area contributed by atoms with E-state index in [1.807, 2.05) is 12.4 Å². The Morgan fingerprint density at radius 1 is 1.06 bits per heavy atom. The summed E-state index contributed by atoms with van der Waals surface area (Å²) in [5.74, 6) is 0. The fourth-order valence-corrected chi connectivity index (χ4v) is 1.81. The smallest absolute Gasteiger partial charge is 0.115 e. The van der Waals surface area contributed by atoms with E-state index in [0.29, 0.717) is 0 Å². The summed E-state index contributed by atoms with van der Waals surface area (Å²) < 4.78 is 0. The maximum absolute atomic E-state index is 6.06. The van der Waals surface area contributed by atoms with Crippen molar-refractivity contribution in [1.82, 2.24) is 9.97 Å². The average molecular weight is 221 g/mol. The molecule has 0 aliphatic heterocycles. The number of aromatic nitrogens is 2. The molecular formula is C13H23N3. The number of hydrogen-bond acceptors (Lipinski definition) is 3. The molecular weight excluding hydrogens is 198 g/mol. The van der Waals surface area contributed by atoms with Crippen LogP contribution in [0.4, 0.5) is 0 Å². The van der Waals surface area contributed by atoms with Crippen molar-refractivity contribution in [2.45, 2.75) is 57.9 Å². The fraction of sp³-hybridized carbons (Fsp3) is 0.692. The molecule has 1 heterocycles. The molecule has 1 atom stereocenters. The van der Waals surface area contributed by atoms with Crippen molar-refractivity contribution in [2.75, 3.05) is 0 Å². The van der Waals surface area contributed by atoms with E-state index in [2.05, 4.69) is 16.9 Å². The zero-order valence-electron chi connectivity index (χ0n) is 10.2. The van der Waals surface area contributed by atoms with Gasteiger partial charge in [0.1, 0.15) is 6.33 Å². The first-order valence-corrected chi connectivity index (χ1v) is 6.35. The zero-order chi connectivity index (χ0) is 11.6. The van der Waals surface area contributed by atoms with E-state index in [1.54, 1.807) is 6.33 Å². The third-order valence-corrected chi connectivity index (χ3v) is 2.88. The predicted octanol–water partition coefficient (Wildman–Crippen LogP) is 3.23. The van der Waals surface area contributed by atoms with Gasteiger partial charge in [0.2, 0.25) is 0 Å². The summed E-state index contributed by atoms with van der Waals surface area (Å²) in [4.78, 5) is 7.97. The number of rotatable bonds is 8. The van der Waals surface area contributed by atoms with Crippen molar-refractivity contribution >= 4 is 0 Å². The molecule has 0 aliphatic rings. The minimum Gasteiger partial charge on any atom is -0.324 e. The lowest BCUT2D eigenvalue weighted by Gasteiger charge is -2.10. The Bertz CT molecular complexity index is 261. The van der Waals surface area contributed by atoms with Gasteiger partial charge in [0.15, 0.2) is 0 Å². The quantitative estimate of drug-likeness (QED) is 0.686. The highest BCUT2D eigenvalue weighted by atomic mass is 14.8. The van der Waals surface area contributed by atoms with Crippen LogP contribution in [-0.4, -0.2) is 9.97 Å². The topological polar surface area (TPSA) is 51.8 Å². The van der Waals surface area contributed by atoms with Crippen LogP contribution in [0.3, 0.4) is 0 Å². The van der Waals surface area contributed by atoms with E-state index < -0.39 is 0 Å². The van der Waals surface area contributed by atoms with E-state index in [1.165, 1.54) is 38.5 Å². The summed E-state index contributed by atoms with van der Waals surface area (Å²) in [6.07, 6.45) is 14.1. The Hall–Kier alpha value is -0.960. The molecule has 90 valence electrons. The Labute approximate surface area is 98.5 Å². The normalized spacial score (nSPS) is 12.6.